The average molecular weight is 387 g/mol. The molecule has 4 aliphatic rings. The van der Waals surface area contributed by atoms with Gasteiger partial charge in [0.15, 0.2) is 5.82 Å². The van der Waals surface area contributed by atoms with Crippen molar-refractivity contribution >= 4 is 11.8 Å². The molecule has 1 saturated heterocycles. The van der Waals surface area contributed by atoms with Gasteiger partial charge < -0.3 is 14.3 Å². The average Bonchev–Trinajstić information content (AvgIpc) is 3.66. The Morgan fingerprint density at radius 3 is 2.36 bits per heavy atom. The van der Waals surface area contributed by atoms with Crippen LogP contribution < -0.4 is 5.32 Å². The Labute approximate surface area is 165 Å². The third kappa shape index (κ3) is 3.54. The van der Waals surface area contributed by atoms with E-state index in [0.717, 1.165) is 63.1 Å². The Balaban J connectivity index is 1.17. The van der Waals surface area contributed by atoms with E-state index in [1.54, 1.807) is 0 Å². The Bertz CT molecular complexity index is 741. The number of aromatic nitrogens is 2. The van der Waals surface area contributed by atoms with Crippen molar-refractivity contribution in [3.05, 3.63) is 11.7 Å². The summed E-state index contributed by atoms with van der Waals surface area (Å²) in [5.74, 6) is 2.54. The van der Waals surface area contributed by atoms with E-state index >= 15 is 0 Å². The van der Waals surface area contributed by atoms with Crippen molar-refractivity contribution in [2.45, 2.75) is 62.8 Å². The molecule has 152 valence electrons. The highest BCUT2D eigenvalue weighted by Gasteiger charge is 2.42. The summed E-state index contributed by atoms with van der Waals surface area (Å²) >= 11 is 0. The molecule has 28 heavy (non-hydrogen) atoms. The monoisotopic (exact) mass is 387 g/mol. The molecule has 3 saturated carbocycles. The van der Waals surface area contributed by atoms with Gasteiger partial charge in [-0.25, -0.2) is 0 Å². The first kappa shape index (κ1) is 18.1. The maximum absolute atomic E-state index is 12.8. The second-order valence-electron chi connectivity index (χ2n) is 8.85. The highest BCUT2D eigenvalue weighted by atomic mass is 16.5. The Morgan fingerprint density at radius 2 is 1.71 bits per heavy atom. The van der Waals surface area contributed by atoms with Crippen LogP contribution in [0.5, 0.6) is 0 Å². The maximum atomic E-state index is 12.8. The number of carbonyl (C=O) groups is 2. The standard InChI is InChI=1S/C20H29N5O3/c26-16(24-9-11-25(12-10-24)18(27)15-5-6-15)13-21-20(7-1-2-8-20)19-22-17(28-23-19)14-3-4-14/h14-15,21H,1-13H2. The van der Waals surface area contributed by atoms with Gasteiger partial charge in [-0.2, -0.15) is 4.98 Å². The molecule has 2 heterocycles. The lowest BCUT2D eigenvalue weighted by molar-refractivity contribution is -0.140. The van der Waals surface area contributed by atoms with Crippen LogP contribution in [0, 0.1) is 5.92 Å². The molecule has 8 nitrogen and oxygen atoms in total. The molecule has 0 bridgehead atoms. The summed E-state index contributed by atoms with van der Waals surface area (Å²) in [4.78, 5) is 33.4. The quantitative estimate of drug-likeness (QED) is 0.793. The molecule has 5 rings (SSSR count). The summed E-state index contributed by atoms with van der Waals surface area (Å²) in [5, 5.41) is 7.74. The fourth-order valence-electron chi connectivity index (χ4n) is 4.51. The molecular formula is C20H29N5O3. The summed E-state index contributed by atoms with van der Waals surface area (Å²) in [7, 11) is 0. The van der Waals surface area contributed by atoms with Crippen molar-refractivity contribution in [2.75, 3.05) is 32.7 Å². The summed E-state index contributed by atoms with van der Waals surface area (Å²) in [6, 6.07) is 0. The zero-order chi connectivity index (χ0) is 19.1. The SMILES string of the molecule is O=C(CNC1(c2noc(C3CC3)n2)CCCC1)N1CCN(C(=O)C2CC2)CC1. The number of hydrogen-bond donors (Lipinski definition) is 1. The van der Waals surface area contributed by atoms with Crippen molar-refractivity contribution in [3.63, 3.8) is 0 Å². The third-order valence-corrected chi connectivity index (χ3v) is 6.70. The predicted molar refractivity (Wildman–Crippen MR) is 100 cm³/mol. The van der Waals surface area contributed by atoms with Crippen LogP contribution in [0.4, 0.5) is 0 Å². The molecule has 0 aromatic carbocycles. The zero-order valence-corrected chi connectivity index (χ0v) is 16.4. The van der Waals surface area contributed by atoms with Crippen LogP contribution in [-0.4, -0.2) is 64.5 Å². The van der Waals surface area contributed by atoms with E-state index in [4.69, 9.17) is 4.52 Å². The van der Waals surface area contributed by atoms with Crippen LogP contribution in [0.3, 0.4) is 0 Å². The van der Waals surface area contributed by atoms with Crippen molar-refractivity contribution in [2.24, 2.45) is 5.92 Å². The minimum atomic E-state index is -0.337. The lowest BCUT2D eigenvalue weighted by Gasteiger charge is -2.36. The molecule has 0 radical (unpaired) electrons. The normalized spacial score (nSPS) is 24.6. The summed E-state index contributed by atoms with van der Waals surface area (Å²) in [6.45, 7) is 2.84. The van der Waals surface area contributed by atoms with Gasteiger partial charge in [0.05, 0.1) is 12.1 Å². The number of carbonyl (C=O) groups excluding carboxylic acids is 2. The van der Waals surface area contributed by atoms with Crippen LogP contribution in [0.1, 0.15) is 69.0 Å². The molecule has 0 unspecified atom stereocenters. The van der Waals surface area contributed by atoms with Gasteiger partial charge in [0, 0.05) is 38.0 Å². The fraction of sp³-hybridized carbons (Fsp3) is 0.800. The predicted octanol–water partition coefficient (Wildman–Crippen LogP) is 1.39. The van der Waals surface area contributed by atoms with Gasteiger partial charge in [-0.3, -0.25) is 14.9 Å². The number of piperazine rings is 1. The van der Waals surface area contributed by atoms with E-state index in [0.29, 0.717) is 32.1 Å². The molecule has 1 aromatic rings. The van der Waals surface area contributed by atoms with Crippen LogP contribution in [0.25, 0.3) is 0 Å². The van der Waals surface area contributed by atoms with E-state index < -0.39 is 0 Å². The minimum absolute atomic E-state index is 0.0932. The molecule has 1 aromatic heterocycles. The van der Waals surface area contributed by atoms with E-state index in [9.17, 15) is 9.59 Å². The van der Waals surface area contributed by atoms with E-state index in [1.165, 1.54) is 0 Å². The number of hydrogen-bond acceptors (Lipinski definition) is 6. The number of nitrogens with one attached hydrogen (secondary N) is 1. The van der Waals surface area contributed by atoms with Gasteiger partial charge in [-0.15, -0.1) is 0 Å². The van der Waals surface area contributed by atoms with E-state index in [-0.39, 0.29) is 29.8 Å². The van der Waals surface area contributed by atoms with E-state index in [1.807, 2.05) is 9.80 Å². The lowest BCUT2D eigenvalue weighted by Crippen LogP contribution is -2.54. The highest BCUT2D eigenvalue weighted by molar-refractivity contribution is 5.82. The topological polar surface area (TPSA) is 91.6 Å². The summed E-state index contributed by atoms with van der Waals surface area (Å²) < 4.78 is 5.47. The van der Waals surface area contributed by atoms with Crippen LogP contribution in [0.2, 0.25) is 0 Å². The van der Waals surface area contributed by atoms with Crippen molar-refractivity contribution in [3.8, 4) is 0 Å². The molecular weight excluding hydrogens is 358 g/mol. The third-order valence-electron chi connectivity index (χ3n) is 6.70. The van der Waals surface area contributed by atoms with Gasteiger partial charge in [0.2, 0.25) is 17.7 Å². The molecule has 1 N–H and O–H groups in total. The maximum Gasteiger partial charge on any atom is 0.236 e. The largest absolute Gasteiger partial charge is 0.339 e. The second kappa shape index (κ2) is 7.13. The van der Waals surface area contributed by atoms with Crippen LogP contribution >= 0.6 is 0 Å². The van der Waals surface area contributed by atoms with Crippen LogP contribution in [0.15, 0.2) is 4.52 Å². The van der Waals surface area contributed by atoms with Crippen molar-refractivity contribution in [1.82, 2.24) is 25.3 Å². The molecule has 0 spiro atoms. The Morgan fingerprint density at radius 1 is 1.04 bits per heavy atom. The molecule has 3 aliphatic carbocycles. The summed E-state index contributed by atoms with van der Waals surface area (Å²) in [5.41, 5.74) is -0.337. The Hall–Kier alpha value is -1.96. The number of rotatable bonds is 6. The van der Waals surface area contributed by atoms with Crippen LogP contribution in [-0.2, 0) is 15.1 Å². The van der Waals surface area contributed by atoms with Gasteiger partial charge >= 0.3 is 0 Å². The zero-order valence-electron chi connectivity index (χ0n) is 16.4. The first-order valence-corrected chi connectivity index (χ1v) is 10.8. The van der Waals surface area contributed by atoms with Gasteiger partial charge in [-0.1, -0.05) is 18.0 Å². The lowest BCUT2D eigenvalue weighted by atomic mass is 9.96. The van der Waals surface area contributed by atoms with Crippen molar-refractivity contribution in [1.29, 1.82) is 0 Å². The fourth-order valence-corrected chi connectivity index (χ4v) is 4.51. The van der Waals surface area contributed by atoms with Crippen molar-refractivity contribution < 1.29 is 14.1 Å². The number of amides is 2. The van der Waals surface area contributed by atoms with Gasteiger partial charge in [0.25, 0.3) is 0 Å². The van der Waals surface area contributed by atoms with E-state index in [2.05, 4.69) is 15.5 Å². The smallest absolute Gasteiger partial charge is 0.236 e. The molecule has 8 heteroatoms. The molecule has 2 amide bonds. The second-order valence-corrected chi connectivity index (χ2v) is 8.85. The first-order valence-electron chi connectivity index (χ1n) is 10.8. The van der Waals surface area contributed by atoms with Gasteiger partial charge in [0.1, 0.15) is 0 Å². The minimum Gasteiger partial charge on any atom is -0.339 e. The highest BCUT2D eigenvalue weighted by Crippen LogP contribution is 2.42. The first-order chi connectivity index (χ1) is 13.6. The molecule has 0 atom stereocenters. The van der Waals surface area contributed by atoms with Gasteiger partial charge in [-0.05, 0) is 38.5 Å². The Kier molecular flexibility index (Phi) is 4.61. The molecule has 1 aliphatic heterocycles. The summed E-state index contributed by atoms with van der Waals surface area (Å²) in [6.07, 6.45) is 8.42. The molecule has 4 fully saturated rings. The number of nitrogens with zero attached hydrogens (tertiary/aromatic N) is 4.